The first-order valence-electron chi connectivity index (χ1n) is 11.5. The zero-order valence-corrected chi connectivity index (χ0v) is 20.6. The predicted molar refractivity (Wildman–Crippen MR) is 139 cm³/mol. The van der Waals surface area contributed by atoms with Gasteiger partial charge < -0.3 is 5.32 Å². The van der Waals surface area contributed by atoms with Crippen LogP contribution in [0.15, 0.2) is 82.7 Å². The van der Waals surface area contributed by atoms with E-state index in [2.05, 4.69) is 15.5 Å². The van der Waals surface area contributed by atoms with Crippen LogP contribution >= 0.6 is 11.8 Å². The molecule has 9 heteroatoms. The number of halogens is 1. The lowest BCUT2D eigenvalue weighted by Crippen LogP contribution is -2.30. The van der Waals surface area contributed by atoms with Crippen LogP contribution in [-0.4, -0.2) is 31.1 Å². The highest BCUT2D eigenvalue weighted by molar-refractivity contribution is 7.98. The SMILES string of the molecule is CC(C)NC(=O)c1ccc2c(=O)n(Cc3ccccc3)c3nnc(SCc4ccccc4F)n3c2c1. The van der Waals surface area contributed by atoms with Gasteiger partial charge in [-0.25, -0.2) is 4.39 Å². The van der Waals surface area contributed by atoms with Crippen molar-refractivity contribution < 1.29 is 9.18 Å². The Labute approximate surface area is 211 Å². The Morgan fingerprint density at radius 2 is 1.78 bits per heavy atom. The summed E-state index contributed by atoms with van der Waals surface area (Å²) in [4.78, 5) is 26.3. The Morgan fingerprint density at radius 1 is 1.03 bits per heavy atom. The molecular formula is C27H24FN5O2S. The normalized spacial score (nSPS) is 11.4. The number of benzene rings is 3. The van der Waals surface area contributed by atoms with Crippen LogP contribution in [0.5, 0.6) is 0 Å². The van der Waals surface area contributed by atoms with Crippen LogP contribution < -0.4 is 10.9 Å². The summed E-state index contributed by atoms with van der Waals surface area (Å²) in [5, 5.41) is 12.5. The van der Waals surface area contributed by atoms with Crippen molar-refractivity contribution in [1.29, 1.82) is 0 Å². The molecule has 2 heterocycles. The van der Waals surface area contributed by atoms with E-state index in [9.17, 15) is 14.0 Å². The molecule has 1 N–H and O–H groups in total. The molecule has 0 spiro atoms. The molecule has 0 aliphatic carbocycles. The van der Waals surface area contributed by atoms with Crippen LogP contribution in [-0.2, 0) is 12.3 Å². The van der Waals surface area contributed by atoms with Gasteiger partial charge in [0.05, 0.1) is 17.4 Å². The average molecular weight is 502 g/mol. The zero-order valence-electron chi connectivity index (χ0n) is 19.8. The van der Waals surface area contributed by atoms with Gasteiger partial charge in [0.25, 0.3) is 11.5 Å². The fraction of sp³-hybridized carbons (Fsp3) is 0.185. The number of rotatable bonds is 7. The second-order valence-electron chi connectivity index (χ2n) is 8.74. The summed E-state index contributed by atoms with van der Waals surface area (Å²) in [7, 11) is 0. The summed E-state index contributed by atoms with van der Waals surface area (Å²) >= 11 is 1.32. The Bertz CT molecular complexity index is 1630. The van der Waals surface area contributed by atoms with Crippen LogP contribution in [0.3, 0.4) is 0 Å². The van der Waals surface area contributed by atoms with E-state index in [0.717, 1.165) is 5.56 Å². The average Bonchev–Trinajstić information content (AvgIpc) is 3.30. The van der Waals surface area contributed by atoms with Crippen molar-refractivity contribution in [3.8, 4) is 0 Å². The minimum absolute atomic E-state index is 0.0334. The van der Waals surface area contributed by atoms with Crippen LogP contribution in [0, 0.1) is 5.82 Å². The number of nitrogens with one attached hydrogen (secondary N) is 1. The maximum absolute atomic E-state index is 14.2. The molecule has 0 aliphatic heterocycles. The van der Waals surface area contributed by atoms with Crippen molar-refractivity contribution in [2.45, 2.75) is 37.3 Å². The van der Waals surface area contributed by atoms with E-state index in [-0.39, 0.29) is 23.3 Å². The van der Waals surface area contributed by atoms with Gasteiger partial charge in [0.2, 0.25) is 5.78 Å². The van der Waals surface area contributed by atoms with Gasteiger partial charge in [0.1, 0.15) is 5.82 Å². The number of fused-ring (bicyclic) bond motifs is 3. The summed E-state index contributed by atoms with van der Waals surface area (Å²) in [5.74, 6) is 0.161. The number of hydrogen-bond acceptors (Lipinski definition) is 5. The molecule has 0 radical (unpaired) electrons. The van der Waals surface area contributed by atoms with E-state index in [0.29, 0.717) is 45.3 Å². The minimum Gasteiger partial charge on any atom is -0.350 e. The lowest BCUT2D eigenvalue weighted by molar-refractivity contribution is 0.0943. The highest BCUT2D eigenvalue weighted by atomic mass is 32.2. The lowest BCUT2D eigenvalue weighted by Gasteiger charge is -2.13. The summed E-state index contributed by atoms with van der Waals surface area (Å²) in [6.45, 7) is 4.08. The molecule has 2 aromatic heterocycles. The number of amides is 1. The quantitative estimate of drug-likeness (QED) is 0.328. The highest BCUT2D eigenvalue weighted by Crippen LogP contribution is 2.26. The smallest absolute Gasteiger partial charge is 0.263 e. The molecule has 36 heavy (non-hydrogen) atoms. The summed E-state index contributed by atoms with van der Waals surface area (Å²) < 4.78 is 17.6. The maximum atomic E-state index is 14.2. The van der Waals surface area contributed by atoms with E-state index < -0.39 is 0 Å². The predicted octanol–water partition coefficient (Wildman–Crippen LogP) is 4.66. The summed E-state index contributed by atoms with van der Waals surface area (Å²) in [5.41, 5.74) is 2.21. The van der Waals surface area contributed by atoms with Crippen LogP contribution in [0.25, 0.3) is 16.7 Å². The van der Waals surface area contributed by atoms with Gasteiger partial charge in [-0.2, -0.15) is 0 Å². The Kier molecular flexibility index (Phi) is 6.56. The van der Waals surface area contributed by atoms with Gasteiger partial charge >= 0.3 is 0 Å². The van der Waals surface area contributed by atoms with E-state index in [4.69, 9.17) is 0 Å². The second kappa shape index (κ2) is 9.94. The van der Waals surface area contributed by atoms with Crippen molar-refractivity contribution in [3.05, 3.63) is 106 Å². The number of carbonyl (C=O) groups excluding carboxylic acids is 1. The number of carbonyl (C=O) groups is 1. The third-order valence-electron chi connectivity index (χ3n) is 5.75. The first-order valence-corrected chi connectivity index (χ1v) is 12.5. The monoisotopic (exact) mass is 501 g/mol. The van der Waals surface area contributed by atoms with Crippen molar-refractivity contribution in [2.24, 2.45) is 0 Å². The fourth-order valence-electron chi connectivity index (χ4n) is 4.03. The Morgan fingerprint density at radius 3 is 2.53 bits per heavy atom. The number of aromatic nitrogens is 4. The molecule has 0 saturated heterocycles. The molecule has 0 aliphatic rings. The topological polar surface area (TPSA) is 81.3 Å². The van der Waals surface area contributed by atoms with Crippen molar-refractivity contribution in [1.82, 2.24) is 24.5 Å². The molecule has 5 rings (SSSR count). The lowest BCUT2D eigenvalue weighted by atomic mass is 10.1. The Hall–Kier alpha value is -3.98. The second-order valence-corrected chi connectivity index (χ2v) is 9.68. The highest BCUT2D eigenvalue weighted by Gasteiger charge is 2.19. The van der Waals surface area contributed by atoms with E-state index in [1.54, 1.807) is 45.4 Å². The zero-order chi connectivity index (χ0) is 25.2. The first kappa shape index (κ1) is 23.7. The van der Waals surface area contributed by atoms with Gasteiger partial charge in [-0.15, -0.1) is 10.2 Å². The van der Waals surface area contributed by atoms with Crippen LogP contribution in [0.2, 0.25) is 0 Å². The fourth-order valence-corrected chi connectivity index (χ4v) is 4.95. The van der Waals surface area contributed by atoms with E-state index in [1.807, 2.05) is 44.2 Å². The molecular weight excluding hydrogens is 477 g/mol. The Balaban J connectivity index is 1.68. The van der Waals surface area contributed by atoms with Gasteiger partial charge in [0.15, 0.2) is 5.16 Å². The van der Waals surface area contributed by atoms with Gasteiger partial charge in [-0.3, -0.25) is 18.6 Å². The minimum atomic E-state index is -0.294. The molecule has 182 valence electrons. The summed E-state index contributed by atoms with van der Waals surface area (Å²) in [6.07, 6.45) is 0. The molecule has 7 nitrogen and oxygen atoms in total. The van der Waals surface area contributed by atoms with Crippen molar-refractivity contribution in [3.63, 3.8) is 0 Å². The van der Waals surface area contributed by atoms with Crippen molar-refractivity contribution in [2.75, 3.05) is 0 Å². The van der Waals surface area contributed by atoms with Crippen molar-refractivity contribution >= 4 is 34.3 Å². The van der Waals surface area contributed by atoms with Gasteiger partial charge in [-0.1, -0.05) is 60.3 Å². The van der Waals surface area contributed by atoms with Gasteiger partial charge in [-0.05, 0) is 49.2 Å². The number of thioether (sulfide) groups is 1. The van der Waals surface area contributed by atoms with Gasteiger partial charge in [0, 0.05) is 17.4 Å². The first-order chi connectivity index (χ1) is 17.4. The third-order valence-corrected chi connectivity index (χ3v) is 6.73. The largest absolute Gasteiger partial charge is 0.350 e. The molecule has 0 atom stereocenters. The maximum Gasteiger partial charge on any atom is 0.263 e. The number of hydrogen-bond donors (Lipinski definition) is 1. The number of nitrogens with zero attached hydrogens (tertiary/aromatic N) is 4. The van der Waals surface area contributed by atoms with E-state index >= 15 is 0 Å². The van der Waals surface area contributed by atoms with Crippen LogP contribution in [0.4, 0.5) is 4.39 Å². The molecule has 1 amide bonds. The molecule has 0 unspecified atom stereocenters. The molecule has 0 fully saturated rings. The molecule has 5 aromatic rings. The third kappa shape index (κ3) is 4.61. The van der Waals surface area contributed by atoms with Crippen LogP contribution in [0.1, 0.15) is 35.3 Å². The molecule has 3 aromatic carbocycles. The summed E-state index contributed by atoms with van der Waals surface area (Å²) in [6, 6.07) is 21.2. The molecule has 0 bridgehead atoms. The standard InChI is InChI=1S/C27H24FN5O2S/c1-17(2)29-24(34)19-12-13-21-23(14-19)33-26(32(25(21)35)15-18-8-4-3-5-9-18)30-31-27(33)36-16-20-10-6-7-11-22(20)28/h3-14,17H,15-16H2,1-2H3,(H,29,34). The molecule has 0 saturated carbocycles. The van der Waals surface area contributed by atoms with E-state index in [1.165, 1.54) is 17.8 Å².